The first kappa shape index (κ1) is 41.4. The zero-order valence-electron chi connectivity index (χ0n) is 39.2. The van der Waals surface area contributed by atoms with Gasteiger partial charge in [-0.2, -0.15) is 0 Å². The lowest BCUT2D eigenvalue weighted by atomic mass is 9.85. The fourth-order valence-electron chi connectivity index (χ4n) is 11.3. The Labute approximate surface area is 417 Å². The van der Waals surface area contributed by atoms with Crippen molar-refractivity contribution < 1.29 is 0 Å². The highest BCUT2D eigenvalue weighted by Gasteiger charge is 2.19. The van der Waals surface area contributed by atoms with E-state index in [0.29, 0.717) is 0 Å². The lowest BCUT2D eigenvalue weighted by Gasteiger charge is -2.18. The van der Waals surface area contributed by atoms with E-state index >= 15 is 0 Å². The Hall–Kier alpha value is -9.57. The number of pyridine rings is 3. The van der Waals surface area contributed by atoms with Crippen LogP contribution in [0.1, 0.15) is 0 Å². The molecule has 3 heteroatoms. The van der Waals surface area contributed by atoms with Crippen LogP contribution >= 0.6 is 0 Å². The molecule has 0 aliphatic rings. The molecular weight excluding hydrogens is 871 g/mol. The first-order valence-corrected chi connectivity index (χ1v) is 24.6. The molecule has 3 nitrogen and oxygen atoms in total. The van der Waals surface area contributed by atoms with Crippen LogP contribution in [0.4, 0.5) is 0 Å². The van der Waals surface area contributed by atoms with Gasteiger partial charge in [-0.05, 0) is 154 Å². The molecule has 0 saturated heterocycles. The van der Waals surface area contributed by atoms with Gasteiger partial charge in [-0.15, -0.1) is 0 Å². The van der Waals surface area contributed by atoms with Gasteiger partial charge in [0.2, 0.25) is 0 Å². The molecule has 14 aromatic rings. The Bertz CT molecular complexity index is 4150. The Kier molecular flexibility index (Phi) is 9.85. The number of fused-ring (bicyclic) bond motifs is 12. The standard InChI is InChI=1S/C69H43N3/c1-4-18-54(51(15-1)44-28-30-45(31-29-44)67-27-11-12-36-70-67)48-39-49(55-19-5-2-16-52(55)46-32-34-63-65(42-46)59-23-9-7-21-57(59)61-25-13-37-71-68(61)63)41-50(40-48)56-20-6-3-17-53(56)47-33-35-64-66(43-47)60-24-10-8-22-58(60)62-26-14-38-72-69(62)64/h1-43H. The van der Waals surface area contributed by atoms with Gasteiger partial charge < -0.3 is 0 Å². The molecule has 334 valence electrons. The van der Waals surface area contributed by atoms with Crippen molar-refractivity contribution in [1.82, 2.24) is 15.0 Å². The summed E-state index contributed by atoms with van der Waals surface area (Å²) in [5.41, 5.74) is 18.0. The molecular formula is C69H43N3. The van der Waals surface area contributed by atoms with Gasteiger partial charge in [0.1, 0.15) is 0 Å². The summed E-state index contributed by atoms with van der Waals surface area (Å²) in [6.45, 7) is 0. The minimum Gasteiger partial charge on any atom is -0.256 e. The lowest BCUT2D eigenvalue weighted by molar-refractivity contribution is 1.33. The lowest BCUT2D eigenvalue weighted by Crippen LogP contribution is -1.93. The van der Waals surface area contributed by atoms with Crippen molar-refractivity contribution in [3.63, 3.8) is 0 Å². The van der Waals surface area contributed by atoms with Gasteiger partial charge in [-0.3, -0.25) is 15.0 Å². The molecule has 0 N–H and O–H groups in total. The Morgan fingerprint density at radius 3 is 0.931 bits per heavy atom. The molecule has 0 radical (unpaired) electrons. The highest BCUT2D eigenvalue weighted by molar-refractivity contribution is 6.26. The van der Waals surface area contributed by atoms with Gasteiger partial charge in [-0.1, -0.05) is 188 Å². The SMILES string of the molecule is c1ccc(-c2ccc(-c3ccccc3-c3cc(-c4ccccc4-c4ccc5c(c4)c4ccccc4c4cccnc45)cc(-c4ccccc4-c4ccc5c(c4)c4ccccc4c4cccnc45)c3)cc2)nc1. The van der Waals surface area contributed by atoms with Crippen LogP contribution in [0.5, 0.6) is 0 Å². The zero-order valence-corrected chi connectivity index (χ0v) is 39.2. The Morgan fingerprint density at radius 2 is 0.500 bits per heavy atom. The predicted octanol–water partition coefficient (Wildman–Crippen LogP) is 18.5. The largest absolute Gasteiger partial charge is 0.256 e. The van der Waals surface area contributed by atoms with E-state index in [0.717, 1.165) is 83.1 Å². The van der Waals surface area contributed by atoms with Crippen molar-refractivity contribution >= 4 is 64.9 Å². The van der Waals surface area contributed by atoms with E-state index < -0.39 is 0 Å². The van der Waals surface area contributed by atoms with Crippen molar-refractivity contribution in [2.75, 3.05) is 0 Å². The van der Waals surface area contributed by atoms with E-state index in [2.05, 4.69) is 223 Å². The summed E-state index contributed by atoms with van der Waals surface area (Å²) in [5, 5.41) is 11.9. The quantitative estimate of drug-likeness (QED) is 0.150. The van der Waals surface area contributed by atoms with Crippen LogP contribution in [0.2, 0.25) is 0 Å². The minimum absolute atomic E-state index is 0.959. The van der Waals surface area contributed by atoms with Crippen LogP contribution < -0.4 is 0 Å². The van der Waals surface area contributed by atoms with Gasteiger partial charge in [0, 0.05) is 45.7 Å². The molecule has 0 unspecified atom stereocenters. The van der Waals surface area contributed by atoms with E-state index in [4.69, 9.17) is 9.97 Å². The van der Waals surface area contributed by atoms with Crippen LogP contribution in [0.3, 0.4) is 0 Å². The summed E-state index contributed by atoms with van der Waals surface area (Å²) < 4.78 is 0. The van der Waals surface area contributed by atoms with E-state index in [1.54, 1.807) is 0 Å². The summed E-state index contributed by atoms with van der Waals surface area (Å²) >= 11 is 0. The molecule has 0 aliphatic carbocycles. The van der Waals surface area contributed by atoms with Crippen LogP contribution in [0.15, 0.2) is 261 Å². The molecule has 0 aliphatic heterocycles. The fourth-order valence-corrected chi connectivity index (χ4v) is 11.3. The van der Waals surface area contributed by atoms with Crippen LogP contribution in [0, 0.1) is 0 Å². The van der Waals surface area contributed by atoms with Crippen molar-refractivity contribution in [2.24, 2.45) is 0 Å². The maximum atomic E-state index is 4.91. The smallest absolute Gasteiger partial charge is 0.0786 e. The summed E-state index contributed by atoms with van der Waals surface area (Å²) in [6.07, 6.45) is 5.65. The molecule has 0 atom stereocenters. The van der Waals surface area contributed by atoms with E-state index in [1.165, 1.54) is 59.8 Å². The molecule has 3 heterocycles. The molecule has 0 bridgehead atoms. The molecule has 3 aromatic heterocycles. The number of nitrogens with zero attached hydrogens (tertiary/aromatic N) is 3. The van der Waals surface area contributed by atoms with Crippen LogP contribution in [-0.4, -0.2) is 15.0 Å². The van der Waals surface area contributed by atoms with Crippen molar-refractivity contribution in [3.8, 4) is 78.0 Å². The zero-order chi connectivity index (χ0) is 47.5. The monoisotopic (exact) mass is 913 g/mol. The summed E-state index contributed by atoms with van der Waals surface area (Å²) in [5.74, 6) is 0. The third-order valence-electron chi connectivity index (χ3n) is 14.6. The molecule has 0 fully saturated rings. The highest BCUT2D eigenvalue weighted by Crippen LogP contribution is 2.45. The highest BCUT2D eigenvalue weighted by atomic mass is 14.7. The summed E-state index contributed by atoms with van der Waals surface area (Å²) in [4.78, 5) is 14.5. The van der Waals surface area contributed by atoms with E-state index in [9.17, 15) is 0 Å². The summed E-state index contributed by atoms with van der Waals surface area (Å²) in [7, 11) is 0. The second kappa shape index (κ2) is 17.1. The molecule has 72 heavy (non-hydrogen) atoms. The minimum atomic E-state index is 0.959. The Balaban J connectivity index is 0.977. The number of hydrogen-bond acceptors (Lipinski definition) is 3. The third-order valence-corrected chi connectivity index (χ3v) is 14.6. The van der Waals surface area contributed by atoms with E-state index in [1.807, 2.05) is 42.9 Å². The molecule has 0 amide bonds. The molecule has 11 aromatic carbocycles. The van der Waals surface area contributed by atoms with Gasteiger partial charge in [0.25, 0.3) is 0 Å². The maximum absolute atomic E-state index is 4.91. The van der Waals surface area contributed by atoms with Gasteiger partial charge >= 0.3 is 0 Å². The molecule has 0 spiro atoms. The predicted molar refractivity (Wildman–Crippen MR) is 303 cm³/mol. The van der Waals surface area contributed by atoms with Crippen molar-refractivity contribution in [1.29, 1.82) is 0 Å². The van der Waals surface area contributed by atoms with Crippen molar-refractivity contribution in [2.45, 2.75) is 0 Å². The van der Waals surface area contributed by atoms with Gasteiger partial charge in [0.15, 0.2) is 0 Å². The molecule has 0 saturated carbocycles. The van der Waals surface area contributed by atoms with Crippen LogP contribution in [0.25, 0.3) is 143 Å². The average Bonchev–Trinajstić information content (AvgIpc) is 3.47. The maximum Gasteiger partial charge on any atom is 0.0786 e. The molecule has 14 rings (SSSR count). The second-order valence-electron chi connectivity index (χ2n) is 18.6. The summed E-state index contributed by atoms with van der Waals surface area (Å²) in [6, 6.07) is 88.3. The first-order chi connectivity index (χ1) is 35.7. The van der Waals surface area contributed by atoms with Crippen molar-refractivity contribution in [3.05, 3.63) is 261 Å². The topological polar surface area (TPSA) is 38.7 Å². The van der Waals surface area contributed by atoms with Gasteiger partial charge in [-0.25, -0.2) is 0 Å². The number of rotatable bonds is 7. The van der Waals surface area contributed by atoms with E-state index in [-0.39, 0.29) is 0 Å². The normalized spacial score (nSPS) is 11.6. The van der Waals surface area contributed by atoms with Crippen LogP contribution in [-0.2, 0) is 0 Å². The number of benzene rings is 11. The fraction of sp³-hybridized carbons (Fsp3) is 0. The number of aromatic nitrogens is 3. The Morgan fingerprint density at radius 1 is 0.181 bits per heavy atom. The second-order valence-corrected chi connectivity index (χ2v) is 18.6. The third kappa shape index (κ3) is 6.94. The average molecular weight is 914 g/mol. The number of hydrogen-bond donors (Lipinski definition) is 0. The van der Waals surface area contributed by atoms with Gasteiger partial charge in [0.05, 0.1) is 16.7 Å². The first-order valence-electron chi connectivity index (χ1n) is 24.6.